The van der Waals surface area contributed by atoms with Crippen LogP contribution in [-0.2, 0) is 11.2 Å². The van der Waals surface area contributed by atoms with E-state index in [-0.39, 0.29) is 11.9 Å². The molecule has 0 aliphatic heterocycles. The van der Waals surface area contributed by atoms with E-state index < -0.39 is 6.03 Å². The standard InChI is InChI=1S/C27H38N6O4/c1-29-27(32-26(28)35)31-22-11-9-20(10-12-22)7-5-8-25(34)30-14-6-15-33(2)16-13-21-17-23(36-3)19-24(18-21)37-4/h5,7,9-12,17-19H,6,8,13-16H2,1-4H3,(H,30,34)(H4,28,29,31,32,35). The van der Waals surface area contributed by atoms with E-state index in [1.807, 2.05) is 54.6 Å². The molecule has 0 aliphatic carbocycles. The van der Waals surface area contributed by atoms with Crippen LogP contribution < -0.4 is 31.2 Å². The Hall–Kier alpha value is -4.05. The lowest BCUT2D eigenvalue weighted by atomic mass is 10.1. The van der Waals surface area contributed by atoms with Crippen LogP contribution in [0.5, 0.6) is 11.5 Å². The molecule has 2 rings (SSSR count). The predicted molar refractivity (Wildman–Crippen MR) is 148 cm³/mol. The number of nitrogens with zero attached hydrogens (tertiary/aromatic N) is 2. The number of guanidine groups is 1. The van der Waals surface area contributed by atoms with E-state index in [0.29, 0.717) is 13.0 Å². The molecule has 37 heavy (non-hydrogen) atoms. The first-order chi connectivity index (χ1) is 17.8. The summed E-state index contributed by atoms with van der Waals surface area (Å²) in [5.41, 5.74) is 7.96. The van der Waals surface area contributed by atoms with Crippen molar-refractivity contribution in [3.8, 4) is 11.5 Å². The average Bonchev–Trinajstić information content (AvgIpc) is 2.90. The van der Waals surface area contributed by atoms with E-state index >= 15 is 0 Å². The number of benzene rings is 2. The van der Waals surface area contributed by atoms with E-state index in [1.165, 1.54) is 0 Å². The third kappa shape index (κ3) is 11.5. The summed E-state index contributed by atoms with van der Waals surface area (Å²) < 4.78 is 10.7. The number of amides is 3. The van der Waals surface area contributed by atoms with Crippen molar-refractivity contribution in [1.29, 1.82) is 0 Å². The minimum absolute atomic E-state index is 0.0120. The Morgan fingerprint density at radius 2 is 1.73 bits per heavy atom. The van der Waals surface area contributed by atoms with Crippen LogP contribution in [0.25, 0.3) is 6.08 Å². The Kier molecular flexibility index (Phi) is 12.5. The molecule has 10 heteroatoms. The molecule has 0 saturated carbocycles. The maximum absolute atomic E-state index is 12.1. The number of hydrogen-bond donors (Lipinski definition) is 4. The van der Waals surface area contributed by atoms with Crippen LogP contribution in [0.2, 0.25) is 0 Å². The summed E-state index contributed by atoms with van der Waals surface area (Å²) in [5.74, 6) is 1.83. The van der Waals surface area contributed by atoms with Crippen molar-refractivity contribution in [2.24, 2.45) is 10.7 Å². The van der Waals surface area contributed by atoms with Gasteiger partial charge in [0.25, 0.3) is 0 Å². The Labute approximate surface area is 218 Å². The van der Waals surface area contributed by atoms with Crippen molar-refractivity contribution in [2.45, 2.75) is 19.3 Å². The Bertz CT molecular complexity index is 1050. The minimum Gasteiger partial charge on any atom is -0.497 e. The lowest BCUT2D eigenvalue weighted by Gasteiger charge is -2.17. The van der Waals surface area contributed by atoms with Crippen LogP contribution in [0.1, 0.15) is 24.0 Å². The molecule has 5 N–H and O–H groups in total. The Balaban J connectivity index is 1.65. The fourth-order valence-electron chi connectivity index (χ4n) is 3.47. The first-order valence-corrected chi connectivity index (χ1v) is 12.1. The Morgan fingerprint density at radius 3 is 2.32 bits per heavy atom. The van der Waals surface area contributed by atoms with Crippen LogP contribution in [0.4, 0.5) is 10.5 Å². The van der Waals surface area contributed by atoms with Crippen molar-refractivity contribution >= 4 is 29.7 Å². The fourth-order valence-corrected chi connectivity index (χ4v) is 3.47. The molecule has 2 aromatic rings. The van der Waals surface area contributed by atoms with Gasteiger partial charge in [0.05, 0.1) is 14.2 Å². The number of aliphatic imine (C=N–C) groups is 1. The zero-order chi connectivity index (χ0) is 27.0. The first-order valence-electron chi connectivity index (χ1n) is 12.1. The fraction of sp³-hybridized carbons (Fsp3) is 0.370. The number of carbonyl (C=O) groups excluding carboxylic acids is 2. The van der Waals surface area contributed by atoms with Crippen molar-refractivity contribution in [3.05, 3.63) is 59.7 Å². The first kappa shape index (κ1) is 29.2. The predicted octanol–water partition coefficient (Wildman–Crippen LogP) is 2.85. The molecule has 0 unspecified atom stereocenters. The second kappa shape index (κ2) is 15.8. The summed E-state index contributed by atoms with van der Waals surface area (Å²) in [6, 6.07) is 12.7. The molecule has 200 valence electrons. The van der Waals surface area contributed by atoms with E-state index in [4.69, 9.17) is 15.2 Å². The number of likely N-dealkylation sites (N-methyl/N-ethyl adjacent to an activating group) is 1. The average molecular weight is 511 g/mol. The smallest absolute Gasteiger partial charge is 0.318 e. The van der Waals surface area contributed by atoms with Gasteiger partial charge in [-0.25, -0.2) is 4.79 Å². The van der Waals surface area contributed by atoms with Crippen LogP contribution in [0.15, 0.2) is 53.5 Å². The molecule has 0 radical (unpaired) electrons. The molecule has 2 aromatic carbocycles. The summed E-state index contributed by atoms with van der Waals surface area (Å²) in [5, 5.41) is 8.32. The second-order valence-electron chi connectivity index (χ2n) is 8.39. The molecule has 0 saturated heterocycles. The van der Waals surface area contributed by atoms with Crippen molar-refractivity contribution < 1.29 is 19.1 Å². The highest BCUT2D eigenvalue weighted by Crippen LogP contribution is 2.22. The molecule has 0 spiro atoms. The largest absolute Gasteiger partial charge is 0.497 e. The van der Waals surface area contributed by atoms with Crippen LogP contribution in [0.3, 0.4) is 0 Å². The highest BCUT2D eigenvalue weighted by molar-refractivity contribution is 6.03. The van der Waals surface area contributed by atoms with Gasteiger partial charge in [0, 0.05) is 38.3 Å². The summed E-state index contributed by atoms with van der Waals surface area (Å²) in [6.07, 6.45) is 5.79. The van der Waals surface area contributed by atoms with Crippen molar-refractivity contribution in [2.75, 3.05) is 53.3 Å². The number of primary amides is 1. The summed E-state index contributed by atoms with van der Waals surface area (Å²) in [7, 11) is 6.92. The number of ether oxygens (including phenoxy) is 2. The SMILES string of the molecule is CN=C(NC(N)=O)Nc1ccc(C=CCC(=O)NCCCN(C)CCc2cc(OC)cc(OC)c2)cc1. The molecule has 0 fully saturated rings. The zero-order valence-corrected chi connectivity index (χ0v) is 22.0. The molecular formula is C27H38N6O4. The van der Waals surface area contributed by atoms with Gasteiger partial charge in [0.2, 0.25) is 11.9 Å². The number of nitrogens with two attached hydrogens (primary N) is 1. The van der Waals surface area contributed by atoms with Crippen molar-refractivity contribution in [1.82, 2.24) is 15.5 Å². The van der Waals surface area contributed by atoms with E-state index in [0.717, 1.165) is 54.2 Å². The number of nitrogens with one attached hydrogen (secondary N) is 3. The van der Waals surface area contributed by atoms with Gasteiger partial charge in [0.15, 0.2) is 0 Å². The second-order valence-corrected chi connectivity index (χ2v) is 8.39. The molecule has 0 bridgehead atoms. The lowest BCUT2D eigenvalue weighted by Crippen LogP contribution is -2.39. The Morgan fingerprint density at radius 1 is 1.05 bits per heavy atom. The van der Waals surface area contributed by atoms with E-state index in [2.05, 4.69) is 32.9 Å². The molecule has 10 nitrogen and oxygen atoms in total. The number of anilines is 1. The third-order valence-corrected chi connectivity index (χ3v) is 5.48. The van der Waals surface area contributed by atoms with Gasteiger partial charge in [-0.1, -0.05) is 24.3 Å². The van der Waals surface area contributed by atoms with Gasteiger partial charge in [-0.05, 0) is 61.8 Å². The molecule has 0 aromatic heterocycles. The number of hydrogen-bond acceptors (Lipinski definition) is 6. The van der Waals surface area contributed by atoms with E-state index in [1.54, 1.807) is 21.3 Å². The van der Waals surface area contributed by atoms with E-state index in [9.17, 15) is 9.59 Å². The lowest BCUT2D eigenvalue weighted by molar-refractivity contribution is -0.120. The van der Waals surface area contributed by atoms with Crippen LogP contribution >= 0.6 is 0 Å². The van der Waals surface area contributed by atoms with Gasteiger partial charge < -0.3 is 30.7 Å². The monoisotopic (exact) mass is 510 g/mol. The molecule has 0 atom stereocenters. The van der Waals surface area contributed by atoms with Crippen LogP contribution in [0, 0.1) is 0 Å². The number of rotatable bonds is 13. The van der Waals surface area contributed by atoms with Crippen LogP contribution in [-0.4, -0.2) is 70.7 Å². The maximum atomic E-state index is 12.1. The van der Waals surface area contributed by atoms with Gasteiger partial charge >= 0.3 is 6.03 Å². The topological polar surface area (TPSA) is 130 Å². The third-order valence-electron chi connectivity index (χ3n) is 5.48. The summed E-state index contributed by atoms with van der Waals surface area (Å²) in [6.45, 7) is 2.41. The van der Waals surface area contributed by atoms with Gasteiger partial charge in [-0.3, -0.25) is 15.1 Å². The van der Waals surface area contributed by atoms with Gasteiger partial charge in [-0.2, -0.15) is 0 Å². The number of urea groups is 1. The highest BCUT2D eigenvalue weighted by Gasteiger charge is 2.05. The summed E-state index contributed by atoms with van der Waals surface area (Å²) in [4.78, 5) is 29.2. The normalized spacial score (nSPS) is 11.4. The van der Waals surface area contributed by atoms with Gasteiger partial charge in [-0.15, -0.1) is 0 Å². The maximum Gasteiger partial charge on any atom is 0.318 e. The number of carbonyl (C=O) groups is 2. The molecule has 3 amide bonds. The molecule has 0 heterocycles. The van der Waals surface area contributed by atoms with Gasteiger partial charge in [0.1, 0.15) is 11.5 Å². The minimum atomic E-state index is -0.691. The molecular weight excluding hydrogens is 472 g/mol. The number of methoxy groups -OCH3 is 2. The van der Waals surface area contributed by atoms with Crippen molar-refractivity contribution in [3.63, 3.8) is 0 Å². The highest BCUT2D eigenvalue weighted by atomic mass is 16.5. The zero-order valence-electron chi connectivity index (χ0n) is 22.0. The molecule has 0 aliphatic rings. The quantitative estimate of drug-likeness (QED) is 0.186. The summed E-state index contributed by atoms with van der Waals surface area (Å²) >= 11 is 0.